The largest absolute Gasteiger partial charge is 0.334 e. The highest BCUT2D eigenvalue weighted by Crippen LogP contribution is 2.23. The summed E-state index contributed by atoms with van der Waals surface area (Å²) in [6.07, 6.45) is 1.92. The molecule has 0 spiro atoms. The number of pyridine rings is 1. The van der Waals surface area contributed by atoms with E-state index in [1.165, 1.54) is 0 Å². The van der Waals surface area contributed by atoms with Crippen molar-refractivity contribution in [1.29, 1.82) is 0 Å². The van der Waals surface area contributed by atoms with Gasteiger partial charge in [0.15, 0.2) is 5.43 Å². The van der Waals surface area contributed by atoms with Crippen molar-refractivity contribution in [2.24, 2.45) is 0 Å². The van der Waals surface area contributed by atoms with Crippen LogP contribution in [0.5, 0.6) is 0 Å². The molecule has 0 unspecified atom stereocenters. The molecule has 5 rings (SSSR count). The van der Waals surface area contributed by atoms with Crippen LogP contribution in [0.2, 0.25) is 10.0 Å². The summed E-state index contributed by atoms with van der Waals surface area (Å²) in [5.41, 5.74) is 3.53. The van der Waals surface area contributed by atoms with Gasteiger partial charge in [0, 0.05) is 20.8 Å². The molecule has 3 aromatic carbocycles. The molecule has 0 saturated heterocycles. The van der Waals surface area contributed by atoms with Gasteiger partial charge < -0.3 is 4.57 Å². The minimum Gasteiger partial charge on any atom is -0.334 e. The lowest BCUT2D eigenvalue weighted by atomic mass is 10.1. The summed E-state index contributed by atoms with van der Waals surface area (Å²) in [4.78, 5) is 13.0. The van der Waals surface area contributed by atoms with Gasteiger partial charge in [-0.25, -0.2) is 4.68 Å². The molecule has 2 heterocycles. The molecule has 0 aliphatic carbocycles. The second kappa shape index (κ2) is 7.59. The van der Waals surface area contributed by atoms with Crippen molar-refractivity contribution in [3.8, 4) is 0 Å². The molecule has 0 radical (unpaired) electrons. The van der Waals surface area contributed by atoms with E-state index in [2.05, 4.69) is 14.9 Å². The third-order valence-corrected chi connectivity index (χ3v) is 5.58. The monoisotopic (exact) mass is 434 g/mol. The van der Waals surface area contributed by atoms with Gasteiger partial charge in [0.25, 0.3) is 0 Å². The van der Waals surface area contributed by atoms with Crippen LogP contribution in [-0.4, -0.2) is 19.6 Å². The van der Waals surface area contributed by atoms with E-state index in [0.29, 0.717) is 33.9 Å². The maximum atomic E-state index is 13.0. The van der Waals surface area contributed by atoms with Gasteiger partial charge in [0.1, 0.15) is 5.69 Å². The van der Waals surface area contributed by atoms with E-state index in [0.717, 1.165) is 22.3 Å². The minimum atomic E-state index is -0.0225. The van der Waals surface area contributed by atoms with Gasteiger partial charge in [-0.05, 0) is 48.0 Å². The van der Waals surface area contributed by atoms with Crippen LogP contribution in [0.3, 0.4) is 0 Å². The van der Waals surface area contributed by atoms with Crippen molar-refractivity contribution in [3.05, 3.63) is 104 Å². The summed E-state index contributed by atoms with van der Waals surface area (Å²) in [5, 5.41) is 11.1. The molecule has 0 N–H and O–H groups in total. The Labute approximate surface area is 182 Å². The van der Waals surface area contributed by atoms with Crippen molar-refractivity contribution >= 4 is 45.0 Å². The highest BCUT2D eigenvalue weighted by molar-refractivity contribution is 6.31. The molecule has 0 aliphatic heterocycles. The summed E-state index contributed by atoms with van der Waals surface area (Å²) in [7, 11) is 0. The summed E-state index contributed by atoms with van der Waals surface area (Å²) >= 11 is 12.1. The number of hydrogen-bond acceptors (Lipinski definition) is 3. The molecule has 0 amide bonds. The first-order chi connectivity index (χ1) is 14.6. The predicted octanol–water partition coefficient (Wildman–Crippen LogP) is 5.15. The van der Waals surface area contributed by atoms with Crippen molar-refractivity contribution < 1.29 is 0 Å². The van der Waals surface area contributed by atoms with Crippen LogP contribution < -0.4 is 5.43 Å². The highest BCUT2D eigenvalue weighted by atomic mass is 35.5. The molecule has 30 heavy (non-hydrogen) atoms. The van der Waals surface area contributed by atoms with Crippen LogP contribution in [0.4, 0.5) is 0 Å². The normalized spacial score (nSPS) is 11.4. The number of fused-ring (bicyclic) bond motifs is 2. The van der Waals surface area contributed by atoms with Gasteiger partial charge in [-0.3, -0.25) is 4.79 Å². The summed E-state index contributed by atoms with van der Waals surface area (Å²) in [6, 6.07) is 20.6. The fourth-order valence-corrected chi connectivity index (χ4v) is 4.00. The molecule has 148 valence electrons. The Morgan fingerprint density at radius 3 is 2.37 bits per heavy atom. The molecular weight excluding hydrogens is 419 g/mol. The minimum absolute atomic E-state index is 0.0225. The summed E-state index contributed by atoms with van der Waals surface area (Å²) in [6.45, 7) is 1.09. The molecule has 2 aromatic heterocycles. The van der Waals surface area contributed by atoms with E-state index in [1.54, 1.807) is 16.8 Å². The lowest BCUT2D eigenvalue weighted by Crippen LogP contribution is -2.12. The van der Waals surface area contributed by atoms with Crippen LogP contribution in [0, 0.1) is 0 Å². The van der Waals surface area contributed by atoms with Crippen molar-refractivity contribution in [2.75, 3.05) is 0 Å². The van der Waals surface area contributed by atoms with Crippen LogP contribution in [0.15, 0.2) is 77.7 Å². The van der Waals surface area contributed by atoms with Crippen molar-refractivity contribution in [2.45, 2.75) is 13.1 Å². The van der Waals surface area contributed by atoms with Gasteiger partial charge in [-0.15, -0.1) is 5.10 Å². The molecule has 0 atom stereocenters. The summed E-state index contributed by atoms with van der Waals surface area (Å²) < 4.78 is 3.88. The SMILES string of the molecule is O=c1c2ccccc2n(Cc2cn(Cc3ccc(Cl)cc3)nn2)c2ccc(Cl)cc12. The standard InChI is InChI=1S/C23H16Cl2N4O/c24-16-7-5-15(6-8-16)12-28-13-18(26-27-28)14-29-21-4-2-1-3-19(21)23(30)20-11-17(25)9-10-22(20)29/h1-11,13H,12,14H2. The average Bonchev–Trinajstić information content (AvgIpc) is 3.20. The van der Waals surface area contributed by atoms with Crippen LogP contribution >= 0.6 is 23.2 Å². The zero-order valence-electron chi connectivity index (χ0n) is 15.8. The number of hydrogen-bond donors (Lipinski definition) is 0. The van der Waals surface area contributed by atoms with Crippen LogP contribution in [0.25, 0.3) is 21.8 Å². The zero-order chi connectivity index (χ0) is 20.7. The average molecular weight is 435 g/mol. The van der Waals surface area contributed by atoms with E-state index >= 15 is 0 Å². The van der Waals surface area contributed by atoms with Crippen LogP contribution in [0.1, 0.15) is 11.3 Å². The van der Waals surface area contributed by atoms with Gasteiger partial charge in [0.2, 0.25) is 0 Å². The Kier molecular flexibility index (Phi) is 4.77. The second-order valence-electron chi connectivity index (χ2n) is 7.13. The number of para-hydroxylation sites is 1. The Morgan fingerprint density at radius 1 is 0.800 bits per heavy atom. The maximum Gasteiger partial charge on any atom is 0.197 e. The first-order valence-corrected chi connectivity index (χ1v) is 10.2. The molecule has 0 aliphatic rings. The molecule has 0 bridgehead atoms. The fourth-order valence-electron chi connectivity index (χ4n) is 3.70. The van der Waals surface area contributed by atoms with E-state index < -0.39 is 0 Å². The van der Waals surface area contributed by atoms with Gasteiger partial charge in [-0.1, -0.05) is 52.7 Å². The van der Waals surface area contributed by atoms with Gasteiger partial charge in [-0.2, -0.15) is 0 Å². The summed E-state index contributed by atoms with van der Waals surface area (Å²) in [5.74, 6) is 0. The molecule has 7 heteroatoms. The molecule has 0 fully saturated rings. The molecule has 5 nitrogen and oxygen atoms in total. The third-order valence-electron chi connectivity index (χ3n) is 5.10. The predicted molar refractivity (Wildman–Crippen MR) is 120 cm³/mol. The van der Waals surface area contributed by atoms with Crippen LogP contribution in [-0.2, 0) is 13.1 Å². The Hall–Kier alpha value is -3.15. The Bertz CT molecular complexity index is 1440. The number of halogens is 2. The first-order valence-electron chi connectivity index (χ1n) is 9.43. The van der Waals surface area contributed by atoms with Gasteiger partial charge in [0.05, 0.1) is 30.3 Å². The van der Waals surface area contributed by atoms with Crippen molar-refractivity contribution in [3.63, 3.8) is 0 Å². The third kappa shape index (κ3) is 3.47. The zero-order valence-corrected chi connectivity index (χ0v) is 17.3. The smallest absolute Gasteiger partial charge is 0.197 e. The van der Waals surface area contributed by atoms with E-state index in [9.17, 15) is 4.79 Å². The Morgan fingerprint density at radius 2 is 1.53 bits per heavy atom. The molecule has 5 aromatic rings. The van der Waals surface area contributed by atoms with Gasteiger partial charge >= 0.3 is 0 Å². The van der Waals surface area contributed by atoms with E-state index in [1.807, 2.05) is 60.8 Å². The number of nitrogens with zero attached hydrogens (tertiary/aromatic N) is 4. The fraction of sp³-hybridized carbons (Fsp3) is 0.0870. The van der Waals surface area contributed by atoms with E-state index in [-0.39, 0.29) is 5.43 Å². The lowest BCUT2D eigenvalue weighted by molar-refractivity contribution is 0.649. The van der Waals surface area contributed by atoms with E-state index in [4.69, 9.17) is 23.2 Å². The maximum absolute atomic E-state index is 13.0. The van der Waals surface area contributed by atoms with Crippen molar-refractivity contribution in [1.82, 2.24) is 19.6 Å². The topological polar surface area (TPSA) is 52.7 Å². The molecular formula is C23H16Cl2N4O. The lowest BCUT2D eigenvalue weighted by Gasteiger charge is -2.14. The second-order valence-corrected chi connectivity index (χ2v) is 8.00. The highest BCUT2D eigenvalue weighted by Gasteiger charge is 2.13. The number of aromatic nitrogens is 4. The number of rotatable bonds is 4. The Balaban J connectivity index is 1.57. The quantitative estimate of drug-likeness (QED) is 0.367. The number of benzene rings is 3. The first kappa shape index (κ1) is 18.9. The molecule has 0 saturated carbocycles.